The number of rotatable bonds is 4. The zero-order chi connectivity index (χ0) is 22.2. The lowest BCUT2D eigenvalue weighted by Gasteiger charge is -2.36. The van der Waals surface area contributed by atoms with Gasteiger partial charge < -0.3 is 14.6 Å². The molecule has 2 heterocycles. The van der Waals surface area contributed by atoms with Crippen molar-refractivity contribution in [3.8, 4) is 0 Å². The molecule has 0 bridgehead atoms. The lowest BCUT2D eigenvalue weighted by molar-refractivity contribution is -0.140. The standard InChI is InChI=1S/C21H20ClF3N4O2/c1-29(14-5-3-13(4-6-14)27-20(30)18-10-26-11-31-18)17-9-19(21(23,24)25)28-16-7-2-12(22)8-15(16)17/h2,7-11,13-14H,3-6H2,1H3,(H,27,30)/t13-,14+. The Morgan fingerprint density at radius 1 is 1.23 bits per heavy atom. The van der Waals surface area contributed by atoms with Crippen LogP contribution in [0.5, 0.6) is 0 Å². The van der Waals surface area contributed by atoms with E-state index in [-0.39, 0.29) is 29.3 Å². The van der Waals surface area contributed by atoms with Gasteiger partial charge >= 0.3 is 6.18 Å². The third-order valence-corrected chi connectivity index (χ3v) is 5.89. The molecule has 0 saturated heterocycles. The molecule has 0 radical (unpaired) electrons. The van der Waals surface area contributed by atoms with Crippen LogP contribution >= 0.6 is 11.6 Å². The number of hydrogen-bond donors (Lipinski definition) is 1. The van der Waals surface area contributed by atoms with E-state index in [9.17, 15) is 18.0 Å². The predicted molar refractivity (Wildman–Crippen MR) is 110 cm³/mol. The number of pyridine rings is 1. The average molecular weight is 453 g/mol. The van der Waals surface area contributed by atoms with Gasteiger partial charge in [-0.15, -0.1) is 0 Å². The van der Waals surface area contributed by atoms with Crippen LogP contribution < -0.4 is 10.2 Å². The molecule has 10 heteroatoms. The number of benzene rings is 1. The lowest BCUT2D eigenvalue weighted by Crippen LogP contribution is -2.43. The Bertz CT molecular complexity index is 1080. The smallest absolute Gasteiger partial charge is 0.433 e. The Labute approximate surface area is 181 Å². The zero-order valence-corrected chi connectivity index (χ0v) is 17.4. The molecule has 6 nitrogen and oxygen atoms in total. The van der Waals surface area contributed by atoms with E-state index in [1.54, 1.807) is 13.1 Å². The first kappa shape index (κ1) is 21.4. The molecule has 0 aliphatic heterocycles. The maximum atomic E-state index is 13.4. The summed E-state index contributed by atoms with van der Waals surface area (Å²) in [5, 5.41) is 3.93. The van der Waals surface area contributed by atoms with Gasteiger partial charge in [-0.05, 0) is 49.9 Å². The van der Waals surface area contributed by atoms with Gasteiger partial charge in [0.05, 0.1) is 11.7 Å². The number of anilines is 1. The molecule has 31 heavy (non-hydrogen) atoms. The van der Waals surface area contributed by atoms with Crippen LogP contribution in [0.25, 0.3) is 10.9 Å². The van der Waals surface area contributed by atoms with Crippen molar-refractivity contribution in [2.75, 3.05) is 11.9 Å². The minimum atomic E-state index is -4.55. The summed E-state index contributed by atoms with van der Waals surface area (Å²) in [7, 11) is 1.79. The first-order chi connectivity index (χ1) is 14.7. The maximum absolute atomic E-state index is 13.4. The van der Waals surface area contributed by atoms with E-state index in [0.717, 1.165) is 6.07 Å². The van der Waals surface area contributed by atoms with Crippen LogP contribution in [0.15, 0.2) is 41.3 Å². The van der Waals surface area contributed by atoms with Gasteiger partial charge in [-0.3, -0.25) is 4.79 Å². The minimum absolute atomic E-state index is 0.0177. The van der Waals surface area contributed by atoms with Crippen molar-refractivity contribution in [3.05, 3.63) is 53.3 Å². The van der Waals surface area contributed by atoms with E-state index < -0.39 is 11.9 Å². The summed E-state index contributed by atoms with van der Waals surface area (Å²) >= 11 is 6.10. The Hall–Kier alpha value is -2.81. The SMILES string of the molecule is CN(c1cc(C(F)(F)F)nc2ccc(Cl)cc12)[C@H]1CC[C@@H](NC(=O)c2cnco2)CC1. The Kier molecular flexibility index (Phi) is 5.79. The molecular weight excluding hydrogens is 433 g/mol. The third-order valence-electron chi connectivity index (χ3n) is 5.66. The summed E-state index contributed by atoms with van der Waals surface area (Å²) in [6, 6.07) is 5.74. The van der Waals surface area contributed by atoms with Crippen molar-refractivity contribution >= 4 is 34.1 Å². The third kappa shape index (κ3) is 4.61. The number of aromatic nitrogens is 2. The van der Waals surface area contributed by atoms with E-state index >= 15 is 0 Å². The molecule has 1 aliphatic carbocycles. The van der Waals surface area contributed by atoms with Gasteiger partial charge in [0.2, 0.25) is 5.76 Å². The van der Waals surface area contributed by atoms with Crippen molar-refractivity contribution in [2.24, 2.45) is 0 Å². The fourth-order valence-corrected chi connectivity index (χ4v) is 4.18. The topological polar surface area (TPSA) is 71.3 Å². The van der Waals surface area contributed by atoms with Gasteiger partial charge in [-0.1, -0.05) is 11.6 Å². The number of hydrogen-bond acceptors (Lipinski definition) is 5. The summed E-state index contributed by atoms with van der Waals surface area (Å²) in [6.07, 6.45) is 0.822. The monoisotopic (exact) mass is 452 g/mol. The van der Waals surface area contributed by atoms with Crippen LogP contribution in [0, 0.1) is 0 Å². The fraction of sp³-hybridized carbons (Fsp3) is 0.381. The van der Waals surface area contributed by atoms with E-state index in [4.69, 9.17) is 16.0 Å². The van der Waals surface area contributed by atoms with Gasteiger partial charge in [0.1, 0.15) is 5.69 Å². The van der Waals surface area contributed by atoms with Crippen molar-refractivity contribution in [2.45, 2.75) is 43.9 Å². The second-order valence-electron chi connectivity index (χ2n) is 7.64. The Balaban J connectivity index is 1.52. The molecule has 0 unspecified atom stereocenters. The largest absolute Gasteiger partial charge is 0.438 e. The molecule has 164 valence electrons. The highest BCUT2D eigenvalue weighted by Gasteiger charge is 2.35. The molecule has 1 aliphatic rings. The Morgan fingerprint density at radius 2 is 1.97 bits per heavy atom. The highest BCUT2D eigenvalue weighted by Crippen LogP contribution is 2.37. The van der Waals surface area contributed by atoms with Crippen LogP contribution in [-0.2, 0) is 6.18 Å². The quantitative estimate of drug-likeness (QED) is 0.598. The van der Waals surface area contributed by atoms with Crippen LogP contribution in [0.3, 0.4) is 0 Å². The number of oxazole rings is 1. The van der Waals surface area contributed by atoms with E-state index in [1.807, 2.05) is 4.90 Å². The number of alkyl halides is 3. The van der Waals surface area contributed by atoms with Gasteiger partial charge in [0.15, 0.2) is 6.39 Å². The molecule has 1 aromatic carbocycles. The first-order valence-corrected chi connectivity index (χ1v) is 10.2. The second kappa shape index (κ2) is 8.37. The zero-order valence-electron chi connectivity index (χ0n) is 16.6. The minimum Gasteiger partial charge on any atom is -0.438 e. The highest BCUT2D eigenvalue weighted by atomic mass is 35.5. The molecule has 1 amide bonds. The summed E-state index contributed by atoms with van der Waals surface area (Å²) in [5.41, 5.74) is -0.250. The van der Waals surface area contributed by atoms with Gasteiger partial charge in [0, 0.05) is 35.2 Å². The average Bonchev–Trinajstić information content (AvgIpc) is 3.27. The van der Waals surface area contributed by atoms with Crippen molar-refractivity contribution < 1.29 is 22.4 Å². The number of halogens is 4. The summed E-state index contributed by atoms with van der Waals surface area (Å²) in [5.74, 6) is -0.169. The molecule has 3 aromatic rings. The molecule has 4 rings (SSSR count). The van der Waals surface area contributed by atoms with Crippen LogP contribution in [-0.4, -0.2) is 35.0 Å². The molecule has 0 spiro atoms. The van der Waals surface area contributed by atoms with Gasteiger partial charge in [-0.2, -0.15) is 13.2 Å². The number of nitrogens with zero attached hydrogens (tertiary/aromatic N) is 3. The molecular formula is C21H20ClF3N4O2. The number of carbonyl (C=O) groups excluding carboxylic acids is 1. The predicted octanol–water partition coefficient (Wildman–Crippen LogP) is 5.07. The second-order valence-corrected chi connectivity index (χ2v) is 8.08. The number of nitrogens with one attached hydrogen (secondary N) is 1. The van der Waals surface area contributed by atoms with E-state index in [2.05, 4.69) is 15.3 Å². The summed E-state index contributed by atoms with van der Waals surface area (Å²) in [6.45, 7) is 0. The van der Waals surface area contributed by atoms with Crippen LogP contribution in [0.4, 0.5) is 18.9 Å². The van der Waals surface area contributed by atoms with Crippen LogP contribution in [0.2, 0.25) is 5.02 Å². The number of amides is 1. The van der Waals surface area contributed by atoms with Crippen molar-refractivity contribution in [1.82, 2.24) is 15.3 Å². The fourth-order valence-electron chi connectivity index (χ4n) is 4.01. The number of carbonyl (C=O) groups is 1. The van der Waals surface area contributed by atoms with Gasteiger partial charge in [0.25, 0.3) is 5.91 Å². The molecule has 1 fully saturated rings. The molecule has 2 aromatic heterocycles. The lowest BCUT2D eigenvalue weighted by atomic mass is 9.89. The van der Waals surface area contributed by atoms with Crippen molar-refractivity contribution in [1.29, 1.82) is 0 Å². The molecule has 1 N–H and O–H groups in total. The molecule has 0 atom stereocenters. The summed E-state index contributed by atoms with van der Waals surface area (Å²) in [4.78, 5) is 21.5. The van der Waals surface area contributed by atoms with Gasteiger partial charge in [-0.25, -0.2) is 9.97 Å². The van der Waals surface area contributed by atoms with Crippen LogP contribution in [0.1, 0.15) is 41.9 Å². The van der Waals surface area contributed by atoms with Crippen molar-refractivity contribution in [3.63, 3.8) is 0 Å². The normalized spacial score (nSPS) is 19.4. The summed E-state index contributed by atoms with van der Waals surface area (Å²) < 4.78 is 45.2. The van der Waals surface area contributed by atoms with E-state index in [0.29, 0.717) is 41.8 Å². The Morgan fingerprint density at radius 3 is 2.61 bits per heavy atom. The van der Waals surface area contributed by atoms with E-state index in [1.165, 1.54) is 24.7 Å². The maximum Gasteiger partial charge on any atom is 0.433 e. The number of fused-ring (bicyclic) bond motifs is 1. The highest BCUT2D eigenvalue weighted by molar-refractivity contribution is 6.31. The first-order valence-electron chi connectivity index (χ1n) is 9.82. The molecule has 1 saturated carbocycles.